The fraction of sp³-hybridized carbons (Fsp3) is 0.900. The van der Waals surface area contributed by atoms with Gasteiger partial charge in [-0.1, -0.05) is 6.92 Å². The number of rotatable bonds is 5. The summed E-state index contributed by atoms with van der Waals surface area (Å²) in [5.41, 5.74) is 0. The van der Waals surface area contributed by atoms with Gasteiger partial charge in [-0.05, 0) is 12.8 Å². The van der Waals surface area contributed by atoms with E-state index in [0.717, 1.165) is 39.1 Å². The van der Waals surface area contributed by atoms with E-state index in [4.69, 9.17) is 4.74 Å². The lowest BCUT2D eigenvalue weighted by atomic mass is 9.95. The van der Waals surface area contributed by atoms with E-state index >= 15 is 0 Å². The summed E-state index contributed by atoms with van der Waals surface area (Å²) >= 11 is 0. The summed E-state index contributed by atoms with van der Waals surface area (Å²) in [6.07, 6.45) is 2.63. The number of ketones is 1. The van der Waals surface area contributed by atoms with Crippen LogP contribution in [0.4, 0.5) is 0 Å². The molecule has 0 spiro atoms. The molecule has 1 heterocycles. The first kappa shape index (κ1) is 10.7. The van der Waals surface area contributed by atoms with E-state index in [0.29, 0.717) is 12.2 Å². The molecule has 76 valence electrons. The minimum atomic E-state index is 0.200. The molecule has 0 aromatic rings. The van der Waals surface area contributed by atoms with Gasteiger partial charge in [-0.15, -0.1) is 0 Å². The lowest BCUT2D eigenvalue weighted by Gasteiger charge is -2.21. The Morgan fingerprint density at radius 3 is 3.08 bits per heavy atom. The Labute approximate surface area is 79.8 Å². The molecule has 0 radical (unpaired) electrons. The first-order valence-corrected chi connectivity index (χ1v) is 5.15. The van der Waals surface area contributed by atoms with Crippen LogP contribution in [0.2, 0.25) is 0 Å². The van der Waals surface area contributed by atoms with Gasteiger partial charge in [0.25, 0.3) is 0 Å². The molecule has 0 saturated carbocycles. The molecule has 0 aliphatic carbocycles. The van der Waals surface area contributed by atoms with Gasteiger partial charge < -0.3 is 10.1 Å². The topological polar surface area (TPSA) is 38.3 Å². The van der Waals surface area contributed by atoms with Gasteiger partial charge in [-0.3, -0.25) is 4.79 Å². The summed E-state index contributed by atoms with van der Waals surface area (Å²) in [5, 5.41) is 3.23. The zero-order valence-electron chi connectivity index (χ0n) is 8.34. The number of Topliss-reactive ketones (excluding diaryl/α,β-unsaturated/α-hetero) is 1. The molecule has 1 atom stereocenters. The van der Waals surface area contributed by atoms with E-state index < -0.39 is 0 Å². The van der Waals surface area contributed by atoms with E-state index in [9.17, 15) is 4.79 Å². The highest BCUT2D eigenvalue weighted by Crippen LogP contribution is 2.10. The molecule has 0 amide bonds. The Balaban J connectivity index is 2.08. The summed E-state index contributed by atoms with van der Waals surface area (Å²) in [5.74, 6) is 0.601. The molecule has 3 heteroatoms. The molecule has 1 N–H and O–H groups in total. The molecule has 1 aliphatic rings. The largest absolute Gasteiger partial charge is 0.381 e. The molecule has 0 aromatic carbocycles. The van der Waals surface area contributed by atoms with Crippen LogP contribution in [-0.2, 0) is 9.53 Å². The molecule has 1 saturated heterocycles. The van der Waals surface area contributed by atoms with Crippen LogP contribution in [0.3, 0.4) is 0 Å². The summed E-state index contributed by atoms with van der Waals surface area (Å²) < 4.78 is 5.35. The number of hydrogen-bond acceptors (Lipinski definition) is 3. The highest BCUT2D eigenvalue weighted by molar-refractivity contribution is 5.82. The van der Waals surface area contributed by atoms with Gasteiger partial charge in [0.15, 0.2) is 0 Å². The zero-order chi connectivity index (χ0) is 9.52. The highest BCUT2D eigenvalue weighted by Gasteiger charge is 2.20. The van der Waals surface area contributed by atoms with Crippen molar-refractivity contribution in [2.75, 3.05) is 26.3 Å². The summed E-state index contributed by atoms with van der Waals surface area (Å²) in [6, 6.07) is 0. The lowest BCUT2D eigenvalue weighted by Crippen LogP contribution is -2.37. The van der Waals surface area contributed by atoms with Gasteiger partial charge in [0.1, 0.15) is 5.78 Å². The van der Waals surface area contributed by atoms with Crippen LogP contribution in [-0.4, -0.2) is 32.1 Å². The number of carbonyl (C=O) groups is 1. The van der Waals surface area contributed by atoms with Crippen molar-refractivity contribution in [1.82, 2.24) is 5.32 Å². The second-order valence-corrected chi connectivity index (χ2v) is 3.52. The second kappa shape index (κ2) is 6.11. The summed E-state index contributed by atoms with van der Waals surface area (Å²) in [7, 11) is 0. The van der Waals surface area contributed by atoms with Gasteiger partial charge >= 0.3 is 0 Å². The van der Waals surface area contributed by atoms with Crippen LogP contribution in [0.5, 0.6) is 0 Å². The lowest BCUT2D eigenvalue weighted by molar-refractivity contribution is -0.124. The van der Waals surface area contributed by atoms with Crippen LogP contribution >= 0.6 is 0 Å². The SMILES string of the molecule is CCCOCCC1CNCCC1=O. The first-order valence-electron chi connectivity index (χ1n) is 5.15. The van der Waals surface area contributed by atoms with Crippen LogP contribution in [0.1, 0.15) is 26.2 Å². The number of hydrogen-bond donors (Lipinski definition) is 1. The predicted octanol–water partition coefficient (Wildman–Crippen LogP) is 0.982. The molecule has 0 bridgehead atoms. The van der Waals surface area contributed by atoms with E-state index in [2.05, 4.69) is 12.2 Å². The van der Waals surface area contributed by atoms with Crippen LogP contribution in [0.15, 0.2) is 0 Å². The normalized spacial score (nSPS) is 23.5. The van der Waals surface area contributed by atoms with Crippen molar-refractivity contribution in [1.29, 1.82) is 0 Å². The maximum atomic E-state index is 11.4. The third kappa shape index (κ3) is 3.87. The summed E-state index contributed by atoms with van der Waals surface area (Å²) in [6.45, 7) is 5.33. The van der Waals surface area contributed by atoms with E-state index in [1.165, 1.54) is 0 Å². The molecule has 1 rings (SSSR count). The minimum absolute atomic E-state index is 0.200. The summed E-state index contributed by atoms with van der Waals surface area (Å²) in [4.78, 5) is 11.4. The maximum absolute atomic E-state index is 11.4. The Morgan fingerprint density at radius 1 is 1.54 bits per heavy atom. The van der Waals surface area contributed by atoms with Gasteiger partial charge in [0.05, 0.1) is 0 Å². The monoisotopic (exact) mass is 185 g/mol. The quantitative estimate of drug-likeness (QED) is 0.649. The number of carbonyl (C=O) groups excluding carboxylic acids is 1. The molecule has 13 heavy (non-hydrogen) atoms. The van der Waals surface area contributed by atoms with Crippen LogP contribution < -0.4 is 5.32 Å². The molecule has 1 aliphatic heterocycles. The molecule has 0 aromatic heterocycles. The first-order chi connectivity index (χ1) is 6.34. The van der Waals surface area contributed by atoms with Gasteiger partial charge in [0, 0.05) is 38.6 Å². The third-order valence-electron chi connectivity index (χ3n) is 2.35. The van der Waals surface area contributed by atoms with Crippen molar-refractivity contribution in [2.24, 2.45) is 5.92 Å². The molecular formula is C10H19NO2. The van der Waals surface area contributed by atoms with Crippen molar-refractivity contribution >= 4 is 5.78 Å². The van der Waals surface area contributed by atoms with Crippen molar-refractivity contribution in [3.8, 4) is 0 Å². The Hall–Kier alpha value is -0.410. The Bertz CT molecular complexity index is 159. The Morgan fingerprint density at radius 2 is 2.38 bits per heavy atom. The standard InChI is InChI=1S/C10H19NO2/c1-2-6-13-7-4-9-8-11-5-3-10(9)12/h9,11H,2-8H2,1H3. The number of piperidine rings is 1. The maximum Gasteiger partial charge on any atom is 0.138 e. The van der Waals surface area contributed by atoms with Gasteiger partial charge in [-0.2, -0.15) is 0 Å². The van der Waals surface area contributed by atoms with E-state index in [-0.39, 0.29) is 5.92 Å². The average Bonchev–Trinajstić information content (AvgIpc) is 2.15. The van der Waals surface area contributed by atoms with E-state index in [1.807, 2.05) is 0 Å². The molecule has 3 nitrogen and oxygen atoms in total. The van der Waals surface area contributed by atoms with Crippen LogP contribution in [0.25, 0.3) is 0 Å². The van der Waals surface area contributed by atoms with Crippen molar-refractivity contribution in [3.63, 3.8) is 0 Å². The predicted molar refractivity (Wildman–Crippen MR) is 51.7 cm³/mol. The third-order valence-corrected chi connectivity index (χ3v) is 2.35. The molecule has 1 fully saturated rings. The average molecular weight is 185 g/mol. The van der Waals surface area contributed by atoms with Crippen molar-refractivity contribution < 1.29 is 9.53 Å². The fourth-order valence-electron chi connectivity index (χ4n) is 1.54. The molecule has 1 unspecified atom stereocenters. The zero-order valence-corrected chi connectivity index (χ0v) is 8.34. The number of ether oxygens (including phenoxy) is 1. The van der Waals surface area contributed by atoms with Gasteiger partial charge in [0.2, 0.25) is 0 Å². The molecular weight excluding hydrogens is 166 g/mol. The van der Waals surface area contributed by atoms with E-state index in [1.54, 1.807) is 0 Å². The van der Waals surface area contributed by atoms with Crippen LogP contribution in [0, 0.1) is 5.92 Å². The number of nitrogens with one attached hydrogen (secondary N) is 1. The minimum Gasteiger partial charge on any atom is -0.381 e. The highest BCUT2D eigenvalue weighted by atomic mass is 16.5. The Kier molecular flexibility index (Phi) is 5.01. The van der Waals surface area contributed by atoms with Crippen molar-refractivity contribution in [2.45, 2.75) is 26.2 Å². The second-order valence-electron chi connectivity index (χ2n) is 3.52. The van der Waals surface area contributed by atoms with Gasteiger partial charge in [-0.25, -0.2) is 0 Å². The van der Waals surface area contributed by atoms with Crippen molar-refractivity contribution in [3.05, 3.63) is 0 Å². The smallest absolute Gasteiger partial charge is 0.138 e. The fourth-order valence-corrected chi connectivity index (χ4v) is 1.54.